The van der Waals surface area contributed by atoms with E-state index in [9.17, 15) is 22.4 Å². The summed E-state index contributed by atoms with van der Waals surface area (Å²) in [6.45, 7) is 1.95. The van der Waals surface area contributed by atoms with Crippen molar-refractivity contribution in [3.05, 3.63) is 59.0 Å². The standard InChI is InChI=1S/C26H27F4N3O4/c1-35-11-10-33-14-17(22-21(37-26(28,29)30)5-3-19(27)23(22)33)24(34)32-8-6-25(7-9-32)15-36-20-4-2-16(13-31)12-18(20)25/h2-5,12,14H,6-11,13,15,31H2,1H3. The van der Waals surface area contributed by atoms with Gasteiger partial charge in [0.2, 0.25) is 0 Å². The third-order valence-electron chi connectivity index (χ3n) is 7.29. The Morgan fingerprint density at radius 2 is 1.95 bits per heavy atom. The minimum atomic E-state index is -5.00. The van der Waals surface area contributed by atoms with E-state index in [-0.39, 0.29) is 35.0 Å². The molecule has 0 bridgehead atoms. The first-order valence-corrected chi connectivity index (χ1v) is 12.0. The van der Waals surface area contributed by atoms with Gasteiger partial charge >= 0.3 is 6.36 Å². The first-order valence-electron chi connectivity index (χ1n) is 12.0. The van der Waals surface area contributed by atoms with Crippen LogP contribution in [0.2, 0.25) is 0 Å². The highest BCUT2D eigenvalue weighted by molar-refractivity contribution is 6.09. The van der Waals surface area contributed by atoms with E-state index < -0.39 is 23.8 Å². The SMILES string of the molecule is COCCn1cc(C(=O)N2CCC3(CC2)COc2ccc(CN)cc23)c2c(OC(F)(F)F)ccc(F)c21. The average Bonchev–Trinajstić information content (AvgIpc) is 3.43. The number of aromatic nitrogens is 1. The summed E-state index contributed by atoms with van der Waals surface area (Å²) in [6.07, 6.45) is -2.40. The lowest BCUT2D eigenvalue weighted by Gasteiger charge is -2.38. The van der Waals surface area contributed by atoms with Crippen molar-refractivity contribution in [2.24, 2.45) is 5.73 Å². The number of hydrogen-bond donors (Lipinski definition) is 1. The molecular formula is C26H27F4N3O4. The van der Waals surface area contributed by atoms with E-state index in [1.807, 2.05) is 18.2 Å². The lowest BCUT2D eigenvalue weighted by molar-refractivity contribution is -0.274. The van der Waals surface area contributed by atoms with E-state index in [2.05, 4.69) is 4.74 Å². The molecule has 2 aliphatic heterocycles. The summed E-state index contributed by atoms with van der Waals surface area (Å²) in [6, 6.07) is 7.69. The molecule has 3 aromatic rings. The third-order valence-corrected chi connectivity index (χ3v) is 7.29. The highest BCUT2D eigenvalue weighted by Crippen LogP contribution is 2.46. The zero-order valence-corrected chi connectivity index (χ0v) is 20.2. The minimum absolute atomic E-state index is 0.0470. The maximum Gasteiger partial charge on any atom is 0.573 e. The second kappa shape index (κ2) is 9.53. The number of fused-ring (bicyclic) bond motifs is 3. The van der Waals surface area contributed by atoms with Crippen molar-refractivity contribution in [3.63, 3.8) is 0 Å². The molecule has 0 aliphatic carbocycles. The highest BCUT2D eigenvalue weighted by atomic mass is 19.4. The van der Waals surface area contributed by atoms with Crippen LogP contribution in [0.1, 0.15) is 34.3 Å². The van der Waals surface area contributed by atoms with E-state index >= 15 is 0 Å². The van der Waals surface area contributed by atoms with E-state index in [1.54, 1.807) is 4.90 Å². The van der Waals surface area contributed by atoms with Gasteiger partial charge in [-0.2, -0.15) is 0 Å². The number of halogens is 4. The number of amides is 1. The van der Waals surface area contributed by atoms with Gasteiger partial charge in [-0.05, 0) is 36.6 Å². The van der Waals surface area contributed by atoms with Crippen molar-refractivity contribution < 1.29 is 36.6 Å². The molecule has 7 nitrogen and oxygen atoms in total. The van der Waals surface area contributed by atoms with Crippen molar-refractivity contribution in [2.75, 3.05) is 33.4 Å². The largest absolute Gasteiger partial charge is 0.573 e. The second-order valence-electron chi connectivity index (χ2n) is 9.44. The van der Waals surface area contributed by atoms with Crippen LogP contribution in [-0.4, -0.2) is 55.1 Å². The molecule has 2 N–H and O–H groups in total. The number of methoxy groups -OCH3 is 1. The lowest BCUT2D eigenvalue weighted by Crippen LogP contribution is -2.46. The Labute approximate surface area is 210 Å². The van der Waals surface area contributed by atoms with Crippen molar-refractivity contribution in [2.45, 2.75) is 37.7 Å². The molecule has 2 aliphatic rings. The van der Waals surface area contributed by atoms with Crippen LogP contribution in [0.15, 0.2) is 36.5 Å². The number of nitrogens with two attached hydrogens (primary N) is 1. The fourth-order valence-electron chi connectivity index (χ4n) is 5.37. The number of carbonyl (C=O) groups excluding carboxylic acids is 1. The number of likely N-dealkylation sites (tertiary alicyclic amines) is 1. The highest BCUT2D eigenvalue weighted by Gasteiger charge is 2.44. The van der Waals surface area contributed by atoms with Gasteiger partial charge in [0.25, 0.3) is 5.91 Å². The van der Waals surface area contributed by atoms with Crippen molar-refractivity contribution in [3.8, 4) is 11.5 Å². The Morgan fingerprint density at radius 1 is 1.19 bits per heavy atom. The predicted molar refractivity (Wildman–Crippen MR) is 127 cm³/mol. The van der Waals surface area contributed by atoms with Crippen LogP contribution in [0.25, 0.3) is 10.9 Å². The van der Waals surface area contributed by atoms with E-state index in [0.29, 0.717) is 39.1 Å². The van der Waals surface area contributed by atoms with Gasteiger partial charge in [0, 0.05) is 50.5 Å². The van der Waals surface area contributed by atoms with Gasteiger partial charge in [0.05, 0.1) is 29.7 Å². The zero-order valence-electron chi connectivity index (χ0n) is 20.2. The smallest absolute Gasteiger partial charge is 0.492 e. The molecular weight excluding hydrogens is 494 g/mol. The molecule has 1 aromatic heterocycles. The Kier molecular flexibility index (Phi) is 6.53. The number of alkyl halides is 3. The zero-order chi connectivity index (χ0) is 26.4. The maximum atomic E-state index is 14.9. The first-order chi connectivity index (χ1) is 17.7. The van der Waals surface area contributed by atoms with Gasteiger partial charge < -0.3 is 29.4 Å². The van der Waals surface area contributed by atoms with Crippen LogP contribution in [0.3, 0.4) is 0 Å². The summed E-state index contributed by atoms with van der Waals surface area (Å²) in [7, 11) is 1.46. The first kappa shape index (κ1) is 25.3. The Hall–Kier alpha value is -3.31. The van der Waals surface area contributed by atoms with Crippen LogP contribution < -0.4 is 15.2 Å². The summed E-state index contributed by atoms with van der Waals surface area (Å²) >= 11 is 0. The summed E-state index contributed by atoms with van der Waals surface area (Å²) in [4.78, 5) is 15.2. The third kappa shape index (κ3) is 4.61. The summed E-state index contributed by atoms with van der Waals surface area (Å²) in [5, 5.41) is -0.208. The van der Waals surface area contributed by atoms with E-state index in [4.69, 9.17) is 15.2 Å². The molecule has 1 amide bonds. The fraction of sp³-hybridized carbons (Fsp3) is 0.423. The molecule has 0 radical (unpaired) electrons. The molecule has 11 heteroatoms. The Balaban J connectivity index is 1.47. The summed E-state index contributed by atoms with van der Waals surface area (Å²) in [5.41, 5.74) is 7.43. The predicted octanol–water partition coefficient (Wildman–Crippen LogP) is 4.35. The number of nitrogens with zero attached hydrogens (tertiary/aromatic N) is 2. The van der Waals surface area contributed by atoms with Gasteiger partial charge in [0.15, 0.2) is 0 Å². The van der Waals surface area contributed by atoms with E-state index in [0.717, 1.165) is 29.0 Å². The Bertz CT molecular complexity index is 1330. The normalized spacial score (nSPS) is 16.8. The fourth-order valence-corrected chi connectivity index (χ4v) is 5.37. The number of carbonyl (C=O) groups is 1. The maximum absolute atomic E-state index is 14.9. The number of hydrogen-bond acceptors (Lipinski definition) is 5. The molecule has 1 fully saturated rings. The molecule has 5 rings (SSSR count). The monoisotopic (exact) mass is 521 g/mol. The van der Waals surface area contributed by atoms with E-state index in [1.165, 1.54) is 17.9 Å². The van der Waals surface area contributed by atoms with Gasteiger partial charge in [-0.15, -0.1) is 13.2 Å². The molecule has 1 spiro atoms. The van der Waals surface area contributed by atoms with Gasteiger partial charge in [0.1, 0.15) is 17.3 Å². The van der Waals surface area contributed by atoms with Crippen molar-refractivity contribution in [1.29, 1.82) is 0 Å². The van der Waals surface area contributed by atoms with Crippen molar-refractivity contribution >= 4 is 16.8 Å². The lowest BCUT2D eigenvalue weighted by atomic mass is 9.74. The molecule has 0 unspecified atom stereocenters. The Morgan fingerprint density at radius 3 is 2.62 bits per heavy atom. The topological polar surface area (TPSA) is 79.0 Å². The molecule has 2 aromatic carbocycles. The van der Waals surface area contributed by atoms with Crippen LogP contribution in [0.5, 0.6) is 11.5 Å². The van der Waals surface area contributed by atoms with Gasteiger partial charge in [-0.1, -0.05) is 12.1 Å². The van der Waals surface area contributed by atoms with Crippen LogP contribution >= 0.6 is 0 Å². The van der Waals surface area contributed by atoms with Gasteiger partial charge in [-0.25, -0.2) is 4.39 Å². The second-order valence-corrected chi connectivity index (χ2v) is 9.44. The molecule has 0 saturated carbocycles. The number of benzene rings is 2. The van der Waals surface area contributed by atoms with Crippen LogP contribution in [-0.2, 0) is 23.2 Å². The number of ether oxygens (including phenoxy) is 3. The molecule has 1 saturated heterocycles. The number of piperidine rings is 1. The average molecular weight is 522 g/mol. The minimum Gasteiger partial charge on any atom is -0.492 e. The van der Waals surface area contributed by atoms with Gasteiger partial charge in [-0.3, -0.25) is 4.79 Å². The quantitative estimate of drug-likeness (QED) is 0.488. The summed E-state index contributed by atoms with van der Waals surface area (Å²) < 4.78 is 70.9. The van der Waals surface area contributed by atoms with Crippen LogP contribution in [0.4, 0.5) is 17.6 Å². The molecule has 0 atom stereocenters. The summed E-state index contributed by atoms with van der Waals surface area (Å²) in [5.74, 6) is -1.05. The van der Waals surface area contributed by atoms with Crippen LogP contribution in [0, 0.1) is 5.82 Å². The molecule has 3 heterocycles. The number of rotatable bonds is 6. The molecule has 37 heavy (non-hydrogen) atoms. The van der Waals surface area contributed by atoms with Crippen molar-refractivity contribution in [1.82, 2.24) is 9.47 Å². The molecule has 198 valence electrons.